The van der Waals surface area contributed by atoms with Gasteiger partial charge in [0.25, 0.3) is 0 Å². The molecule has 0 saturated carbocycles. The lowest BCUT2D eigenvalue weighted by molar-refractivity contribution is 0.452. The highest BCUT2D eigenvalue weighted by Gasteiger charge is 2.10. The summed E-state index contributed by atoms with van der Waals surface area (Å²) in [6, 6.07) is 8.97. The summed E-state index contributed by atoms with van der Waals surface area (Å²) in [6.07, 6.45) is 6.67. The minimum absolute atomic E-state index is 0.875. The molecular weight excluding hydrogens is 256 g/mol. The minimum atomic E-state index is 0.875. The highest BCUT2D eigenvalue weighted by molar-refractivity contribution is 7.21. The van der Waals surface area contributed by atoms with Gasteiger partial charge in [-0.15, -0.1) is 22.7 Å². The van der Waals surface area contributed by atoms with Crippen LogP contribution >= 0.6 is 22.7 Å². The molecular formula is C16H22S2. The molecule has 0 radical (unpaired) electrons. The molecule has 2 aromatic rings. The van der Waals surface area contributed by atoms with Crippen LogP contribution in [0.25, 0.3) is 9.75 Å². The predicted octanol–water partition coefficient (Wildman–Crippen LogP) is 6.24. The summed E-state index contributed by atoms with van der Waals surface area (Å²) < 4.78 is 0. The van der Waals surface area contributed by atoms with Crippen LogP contribution in [0.2, 0.25) is 0 Å². The largest absolute Gasteiger partial charge is 0.143 e. The summed E-state index contributed by atoms with van der Waals surface area (Å²) in [4.78, 5) is 4.40. The Hall–Kier alpha value is -0.600. The fourth-order valence-corrected chi connectivity index (χ4v) is 4.22. The molecule has 0 aromatic carbocycles. The van der Waals surface area contributed by atoms with Gasteiger partial charge in [0.15, 0.2) is 0 Å². The van der Waals surface area contributed by atoms with Gasteiger partial charge < -0.3 is 0 Å². The van der Waals surface area contributed by atoms with E-state index in [0.29, 0.717) is 0 Å². The molecule has 0 spiro atoms. The molecule has 1 atom stereocenters. The highest BCUT2D eigenvalue weighted by atomic mass is 32.1. The van der Waals surface area contributed by atoms with Crippen LogP contribution in [0.4, 0.5) is 0 Å². The van der Waals surface area contributed by atoms with E-state index in [1.54, 1.807) is 4.88 Å². The number of rotatable bonds is 7. The van der Waals surface area contributed by atoms with Gasteiger partial charge in [0, 0.05) is 14.6 Å². The lowest BCUT2D eigenvalue weighted by Crippen LogP contribution is -2.01. The predicted molar refractivity (Wildman–Crippen MR) is 84.6 cm³/mol. The first-order valence-corrected chi connectivity index (χ1v) is 8.65. The van der Waals surface area contributed by atoms with E-state index in [9.17, 15) is 0 Å². The lowest BCUT2D eigenvalue weighted by Gasteiger charge is -2.12. The molecule has 0 aliphatic rings. The molecule has 0 bridgehead atoms. The first kappa shape index (κ1) is 13.8. The smallest absolute Gasteiger partial charge is 0.0445 e. The van der Waals surface area contributed by atoms with Crippen molar-refractivity contribution >= 4 is 22.7 Å². The Labute approximate surface area is 119 Å². The zero-order chi connectivity index (χ0) is 12.8. The van der Waals surface area contributed by atoms with E-state index in [1.807, 2.05) is 22.7 Å². The van der Waals surface area contributed by atoms with Crippen LogP contribution in [0.3, 0.4) is 0 Å². The number of hydrogen-bond acceptors (Lipinski definition) is 2. The average Bonchev–Trinajstić information content (AvgIpc) is 3.04. The molecule has 2 heteroatoms. The molecule has 0 fully saturated rings. The molecule has 0 nitrogen and oxygen atoms in total. The zero-order valence-corrected chi connectivity index (χ0v) is 12.9. The summed E-state index contributed by atoms with van der Waals surface area (Å²) >= 11 is 3.82. The fraction of sp³-hybridized carbons (Fsp3) is 0.500. The van der Waals surface area contributed by atoms with E-state index in [0.717, 1.165) is 5.92 Å². The molecule has 0 saturated heterocycles. The minimum Gasteiger partial charge on any atom is -0.143 e. The van der Waals surface area contributed by atoms with Crippen molar-refractivity contribution in [1.82, 2.24) is 0 Å². The van der Waals surface area contributed by atoms with Crippen molar-refractivity contribution in [2.45, 2.75) is 46.0 Å². The average molecular weight is 278 g/mol. The van der Waals surface area contributed by atoms with Crippen LogP contribution in [0.1, 0.15) is 44.4 Å². The van der Waals surface area contributed by atoms with E-state index in [-0.39, 0.29) is 0 Å². The quantitative estimate of drug-likeness (QED) is 0.562. The molecule has 0 N–H and O–H groups in total. The molecule has 18 heavy (non-hydrogen) atoms. The third-order valence-corrected chi connectivity index (χ3v) is 5.63. The topological polar surface area (TPSA) is 0 Å². The second-order valence-electron chi connectivity index (χ2n) is 4.86. The van der Waals surface area contributed by atoms with Gasteiger partial charge in [-0.2, -0.15) is 0 Å². The Morgan fingerprint density at radius 3 is 2.67 bits per heavy atom. The Kier molecular flexibility index (Phi) is 5.45. The number of hydrogen-bond donors (Lipinski definition) is 0. The second kappa shape index (κ2) is 7.10. The van der Waals surface area contributed by atoms with Crippen LogP contribution in [-0.2, 0) is 6.42 Å². The highest BCUT2D eigenvalue weighted by Crippen LogP contribution is 2.33. The Morgan fingerprint density at radius 1 is 1.11 bits per heavy atom. The van der Waals surface area contributed by atoms with Crippen molar-refractivity contribution in [3.05, 3.63) is 34.5 Å². The van der Waals surface area contributed by atoms with Crippen molar-refractivity contribution < 1.29 is 0 Å². The summed E-state index contributed by atoms with van der Waals surface area (Å²) in [5, 5.41) is 2.16. The SMILES string of the molecule is CCCCC(CC)Cc1ccc(-c2cccs2)s1. The summed E-state index contributed by atoms with van der Waals surface area (Å²) in [5.74, 6) is 0.875. The molecule has 1 unspecified atom stereocenters. The van der Waals surface area contributed by atoms with Gasteiger partial charge >= 0.3 is 0 Å². The van der Waals surface area contributed by atoms with Gasteiger partial charge in [-0.25, -0.2) is 0 Å². The van der Waals surface area contributed by atoms with Gasteiger partial charge in [0.1, 0.15) is 0 Å². The van der Waals surface area contributed by atoms with E-state index < -0.39 is 0 Å². The van der Waals surface area contributed by atoms with Crippen molar-refractivity contribution in [1.29, 1.82) is 0 Å². The van der Waals surface area contributed by atoms with Gasteiger partial charge in [0.2, 0.25) is 0 Å². The second-order valence-corrected chi connectivity index (χ2v) is 6.98. The molecule has 0 amide bonds. The van der Waals surface area contributed by atoms with Crippen LogP contribution < -0.4 is 0 Å². The van der Waals surface area contributed by atoms with Crippen molar-refractivity contribution in [2.24, 2.45) is 5.92 Å². The van der Waals surface area contributed by atoms with Crippen molar-refractivity contribution in [2.75, 3.05) is 0 Å². The van der Waals surface area contributed by atoms with E-state index in [2.05, 4.69) is 43.5 Å². The van der Waals surface area contributed by atoms with Gasteiger partial charge in [-0.05, 0) is 35.9 Å². The lowest BCUT2D eigenvalue weighted by atomic mass is 9.95. The first-order chi connectivity index (χ1) is 8.83. The molecule has 2 aromatic heterocycles. The normalized spacial score (nSPS) is 12.8. The summed E-state index contributed by atoms with van der Waals surface area (Å²) in [5.41, 5.74) is 0. The summed E-state index contributed by atoms with van der Waals surface area (Å²) in [7, 11) is 0. The maximum absolute atomic E-state index is 2.33. The summed E-state index contributed by atoms with van der Waals surface area (Å²) in [6.45, 7) is 4.61. The van der Waals surface area contributed by atoms with Crippen LogP contribution in [0.5, 0.6) is 0 Å². The van der Waals surface area contributed by atoms with E-state index in [1.165, 1.54) is 41.9 Å². The molecule has 2 rings (SSSR count). The Balaban J connectivity index is 1.97. The monoisotopic (exact) mass is 278 g/mol. The standard InChI is InChI=1S/C16H22S2/c1-3-5-7-13(4-2)12-14-9-10-16(18-14)15-8-6-11-17-15/h6,8-11,13H,3-5,7,12H2,1-2H3. The Bertz CT molecular complexity index is 439. The third kappa shape index (κ3) is 3.69. The van der Waals surface area contributed by atoms with Crippen LogP contribution in [-0.4, -0.2) is 0 Å². The maximum Gasteiger partial charge on any atom is 0.0445 e. The van der Waals surface area contributed by atoms with Crippen molar-refractivity contribution in [3.8, 4) is 9.75 Å². The maximum atomic E-state index is 2.33. The van der Waals surface area contributed by atoms with Crippen LogP contribution in [0.15, 0.2) is 29.6 Å². The van der Waals surface area contributed by atoms with E-state index >= 15 is 0 Å². The van der Waals surface area contributed by atoms with Gasteiger partial charge in [-0.1, -0.05) is 45.6 Å². The fourth-order valence-electron chi connectivity index (χ4n) is 2.27. The first-order valence-electron chi connectivity index (χ1n) is 6.96. The molecule has 98 valence electrons. The van der Waals surface area contributed by atoms with Crippen LogP contribution in [0, 0.1) is 5.92 Å². The third-order valence-electron chi connectivity index (χ3n) is 3.46. The zero-order valence-electron chi connectivity index (χ0n) is 11.3. The Morgan fingerprint density at radius 2 is 2.00 bits per heavy atom. The molecule has 0 aliphatic carbocycles. The van der Waals surface area contributed by atoms with Gasteiger partial charge in [-0.3, -0.25) is 0 Å². The van der Waals surface area contributed by atoms with Gasteiger partial charge in [0.05, 0.1) is 0 Å². The number of thiophene rings is 2. The molecule has 0 aliphatic heterocycles. The van der Waals surface area contributed by atoms with Crippen molar-refractivity contribution in [3.63, 3.8) is 0 Å². The molecule has 2 heterocycles. The van der Waals surface area contributed by atoms with E-state index in [4.69, 9.17) is 0 Å². The number of unbranched alkanes of at least 4 members (excludes halogenated alkanes) is 1.